The van der Waals surface area contributed by atoms with E-state index in [2.05, 4.69) is 10.1 Å². The molecule has 1 rings (SSSR count). The summed E-state index contributed by atoms with van der Waals surface area (Å²) in [7, 11) is 1.99. The Morgan fingerprint density at radius 3 is 2.88 bits per heavy atom. The fourth-order valence-electron chi connectivity index (χ4n) is 1.67. The summed E-state index contributed by atoms with van der Waals surface area (Å²) in [6, 6.07) is 7.74. The molecule has 1 aromatic carbocycles. The Hall–Kier alpha value is -1.26. The first-order valence-corrected chi connectivity index (χ1v) is 5.81. The van der Waals surface area contributed by atoms with Crippen LogP contribution >= 0.6 is 11.6 Å². The van der Waals surface area contributed by atoms with E-state index in [1.165, 1.54) is 0 Å². The van der Waals surface area contributed by atoms with E-state index in [4.69, 9.17) is 22.5 Å². The third kappa shape index (κ3) is 4.63. The largest absolute Gasteiger partial charge is 0.409 e. The highest BCUT2D eigenvalue weighted by Crippen LogP contribution is 2.12. The number of benzene rings is 1. The highest BCUT2D eigenvalue weighted by molar-refractivity contribution is 6.30. The van der Waals surface area contributed by atoms with Crippen molar-refractivity contribution in [3.63, 3.8) is 0 Å². The van der Waals surface area contributed by atoms with Crippen molar-refractivity contribution < 1.29 is 5.21 Å². The molecule has 0 saturated heterocycles. The number of oxime groups is 1. The maximum atomic E-state index is 8.57. The summed E-state index contributed by atoms with van der Waals surface area (Å²) in [5.74, 6) is 0.270. The number of halogens is 1. The van der Waals surface area contributed by atoms with E-state index in [-0.39, 0.29) is 11.8 Å². The first-order valence-electron chi connectivity index (χ1n) is 5.43. The summed E-state index contributed by atoms with van der Waals surface area (Å²) < 4.78 is 0. The molecule has 0 fully saturated rings. The summed E-state index contributed by atoms with van der Waals surface area (Å²) in [6.07, 6.45) is 0. The lowest BCUT2D eigenvalue weighted by molar-refractivity contribution is 0.290. The van der Waals surface area contributed by atoms with Crippen molar-refractivity contribution in [1.29, 1.82) is 0 Å². The lowest BCUT2D eigenvalue weighted by Gasteiger charge is -2.20. The molecule has 0 radical (unpaired) electrons. The van der Waals surface area contributed by atoms with E-state index in [0.29, 0.717) is 0 Å². The molecule has 0 aliphatic carbocycles. The normalized spacial score (nSPS) is 14.0. The topological polar surface area (TPSA) is 61.8 Å². The Morgan fingerprint density at radius 1 is 1.59 bits per heavy atom. The second-order valence-electron chi connectivity index (χ2n) is 4.25. The molecule has 1 unspecified atom stereocenters. The molecule has 0 aromatic heterocycles. The molecule has 1 atom stereocenters. The second-order valence-corrected chi connectivity index (χ2v) is 4.69. The second kappa shape index (κ2) is 6.47. The van der Waals surface area contributed by atoms with Crippen LogP contribution in [0.25, 0.3) is 0 Å². The first kappa shape index (κ1) is 13.8. The van der Waals surface area contributed by atoms with Crippen molar-refractivity contribution in [2.24, 2.45) is 16.8 Å². The number of nitrogens with two attached hydrogens (primary N) is 1. The van der Waals surface area contributed by atoms with E-state index in [9.17, 15) is 0 Å². The lowest BCUT2D eigenvalue weighted by Crippen LogP contribution is -2.32. The van der Waals surface area contributed by atoms with Gasteiger partial charge in [-0.3, -0.25) is 0 Å². The van der Waals surface area contributed by atoms with Gasteiger partial charge in [0.2, 0.25) is 0 Å². The van der Waals surface area contributed by atoms with Gasteiger partial charge in [-0.25, -0.2) is 0 Å². The fraction of sp³-hybridized carbons (Fsp3) is 0.417. The van der Waals surface area contributed by atoms with Gasteiger partial charge in [0, 0.05) is 24.0 Å². The molecule has 94 valence electrons. The molecule has 5 heteroatoms. The molecule has 0 aliphatic rings. The minimum absolute atomic E-state index is 0.0178. The zero-order valence-corrected chi connectivity index (χ0v) is 10.9. The van der Waals surface area contributed by atoms with Crippen LogP contribution in [0.15, 0.2) is 29.4 Å². The van der Waals surface area contributed by atoms with Gasteiger partial charge in [-0.15, -0.1) is 0 Å². The predicted molar refractivity (Wildman–Crippen MR) is 70.4 cm³/mol. The van der Waals surface area contributed by atoms with Gasteiger partial charge in [-0.2, -0.15) is 0 Å². The van der Waals surface area contributed by atoms with Crippen LogP contribution in [-0.4, -0.2) is 29.5 Å². The molecule has 0 amide bonds. The third-order valence-corrected chi connectivity index (χ3v) is 2.78. The molecule has 0 bridgehead atoms. The molecular weight excluding hydrogens is 238 g/mol. The van der Waals surface area contributed by atoms with Gasteiger partial charge in [0.05, 0.1) is 0 Å². The van der Waals surface area contributed by atoms with Crippen molar-refractivity contribution in [2.45, 2.75) is 13.5 Å². The van der Waals surface area contributed by atoms with Crippen LogP contribution in [0.1, 0.15) is 12.5 Å². The standard InChI is InChI=1S/C12H18ClN3O/c1-9(12(14)15-17)7-16(2)8-10-4-3-5-11(13)6-10/h3-6,9,17H,7-8H2,1-2H3,(H2,14,15). The molecule has 3 N–H and O–H groups in total. The fourth-order valence-corrected chi connectivity index (χ4v) is 1.88. The monoisotopic (exact) mass is 255 g/mol. The quantitative estimate of drug-likeness (QED) is 0.367. The van der Waals surface area contributed by atoms with Crippen molar-refractivity contribution >= 4 is 17.4 Å². The van der Waals surface area contributed by atoms with E-state index in [1.807, 2.05) is 38.2 Å². The summed E-state index contributed by atoms with van der Waals surface area (Å²) in [6.45, 7) is 3.43. The van der Waals surface area contributed by atoms with Crippen LogP contribution in [0.2, 0.25) is 5.02 Å². The van der Waals surface area contributed by atoms with E-state index in [1.54, 1.807) is 0 Å². The summed E-state index contributed by atoms with van der Waals surface area (Å²) in [4.78, 5) is 2.11. The van der Waals surface area contributed by atoms with Gasteiger partial charge in [0.1, 0.15) is 5.84 Å². The first-order chi connectivity index (χ1) is 8.02. The molecule has 0 saturated carbocycles. The van der Waals surface area contributed by atoms with Gasteiger partial charge in [-0.05, 0) is 24.7 Å². The van der Waals surface area contributed by atoms with Crippen molar-refractivity contribution in [1.82, 2.24) is 4.90 Å². The Balaban J connectivity index is 2.52. The molecule has 0 spiro atoms. The number of hydrogen-bond acceptors (Lipinski definition) is 3. The number of nitrogens with zero attached hydrogens (tertiary/aromatic N) is 2. The highest BCUT2D eigenvalue weighted by atomic mass is 35.5. The van der Waals surface area contributed by atoms with E-state index < -0.39 is 0 Å². The minimum atomic E-state index is 0.0178. The zero-order chi connectivity index (χ0) is 12.8. The van der Waals surface area contributed by atoms with Crippen LogP contribution in [0.3, 0.4) is 0 Å². The molecule has 0 heterocycles. The SMILES string of the molecule is CC(CN(C)Cc1cccc(Cl)c1)C(N)=NO. The average Bonchev–Trinajstić information content (AvgIpc) is 2.27. The van der Waals surface area contributed by atoms with Crippen LogP contribution in [0.4, 0.5) is 0 Å². The molecular formula is C12H18ClN3O. The highest BCUT2D eigenvalue weighted by Gasteiger charge is 2.11. The van der Waals surface area contributed by atoms with Crippen molar-refractivity contribution in [3.8, 4) is 0 Å². The van der Waals surface area contributed by atoms with Crippen molar-refractivity contribution in [2.75, 3.05) is 13.6 Å². The summed E-state index contributed by atoms with van der Waals surface area (Å²) in [5, 5.41) is 12.3. The van der Waals surface area contributed by atoms with Gasteiger partial charge < -0.3 is 15.8 Å². The Kier molecular flexibility index (Phi) is 5.25. The third-order valence-electron chi connectivity index (χ3n) is 2.55. The van der Waals surface area contributed by atoms with Crippen molar-refractivity contribution in [3.05, 3.63) is 34.9 Å². The smallest absolute Gasteiger partial charge is 0.143 e. The number of amidine groups is 1. The summed E-state index contributed by atoms with van der Waals surface area (Å²) >= 11 is 5.92. The maximum Gasteiger partial charge on any atom is 0.143 e. The van der Waals surface area contributed by atoms with Gasteiger partial charge >= 0.3 is 0 Å². The molecule has 17 heavy (non-hydrogen) atoms. The van der Waals surface area contributed by atoms with E-state index in [0.717, 1.165) is 23.7 Å². The lowest BCUT2D eigenvalue weighted by atomic mass is 10.1. The minimum Gasteiger partial charge on any atom is -0.409 e. The van der Waals surface area contributed by atoms with Gasteiger partial charge in [-0.1, -0.05) is 35.8 Å². The number of rotatable bonds is 5. The number of hydrogen-bond donors (Lipinski definition) is 2. The maximum absolute atomic E-state index is 8.57. The Bertz CT molecular complexity index is 395. The molecule has 0 aliphatic heterocycles. The van der Waals surface area contributed by atoms with Crippen LogP contribution in [0.5, 0.6) is 0 Å². The van der Waals surface area contributed by atoms with E-state index >= 15 is 0 Å². The predicted octanol–water partition coefficient (Wildman–Crippen LogP) is 2.15. The zero-order valence-electron chi connectivity index (χ0n) is 10.1. The van der Waals surface area contributed by atoms with Gasteiger partial charge in [0.25, 0.3) is 0 Å². The van der Waals surface area contributed by atoms with Crippen LogP contribution in [0, 0.1) is 5.92 Å². The molecule has 4 nitrogen and oxygen atoms in total. The summed E-state index contributed by atoms with van der Waals surface area (Å²) in [5.41, 5.74) is 6.68. The molecule has 1 aromatic rings. The van der Waals surface area contributed by atoms with Crippen LogP contribution < -0.4 is 5.73 Å². The average molecular weight is 256 g/mol. The Morgan fingerprint density at radius 2 is 2.29 bits per heavy atom. The van der Waals surface area contributed by atoms with Crippen LogP contribution in [-0.2, 0) is 6.54 Å². The Labute approximate surface area is 107 Å². The van der Waals surface area contributed by atoms with Gasteiger partial charge in [0.15, 0.2) is 0 Å².